The van der Waals surface area contributed by atoms with Crippen LogP contribution in [-0.4, -0.2) is 20.2 Å². The van der Waals surface area contributed by atoms with Crippen LogP contribution in [0.3, 0.4) is 0 Å². The van der Waals surface area contributed by atoms with E-state index in [2.05, 4.69) is 15.5 Å². The molecule has 1 saturated carbocycles. The fraction of sp³-hybridized carbons (Fsp3) is 0.364. The summed E-state index contributed by atoms with van der Waals surface area (Å²) in [6.07, 6.45) is 2.28. The number of tetrazole rings is 1. The first-order chi connectivity index (χ1) is 7.75. The van der Waals surface area contributed by atoms with E-state index < -0.39 is 0 Å². The fourth-order valence-electron chi connectivity index (χ4n) is 1.73. The van der Waals surface area contributed by atoms with Gasteiger partial charge in [-0.15, -0.1) is 5.10 Å². The van der Waals surface area contributed by atoms with E-state index in [0.717, 1.165) is 24.4 Å². The summed E-state index contributed by atoms with van der Waals surface area (Å²) < 4.78 is 14.8. The number of rotatable bonds is 2. The molecule has 0 spiro atoms. The molecule has 0 aliphatic heterocycles. The number of halogens is 1. The Kier molecular flexibility index (Phi) is 1.99. The van der Waals surface area contributed by atoms with Gasteiger partial charge in [-0.1, -0.05) is 0 Å². The lowest BCUT2D eigenvalue weighted by Gasteiger charge is -2.04. The lowest BCUT2D eigenvalue weighted by molar-refractivity contribution is 0.617. The molecule has 1 fully saturated rings. The molecule has 3 rings (SSSR count). The topological polar surface area (TPSA) is 43.6 Å². The van der Waals surface area contributed by atoms with Crippen LogP contribution in [0.2, 0.25) is 0 Å². The molecule has 0 N–H and O–H groups in total. The SMILES string of the molecule is Cc1cc(-n2nnnc2C2CC2)ccc1F. The molecule has 1 aromatic heterocycles. The molecule has 1 aromatic carbocycles. The number of benzene rings is 1. The Bertz CT molecular complexity index is 531. The van der Waals surface area contributed by atoms with Crippen molar-refractivity contribution in [3.05, 3.63) is 35.4 Å². The van der Waals surface area contributed by atoms with Crippen LogP contribution in [0.1, 0.15) is 30.1 Å². The molecule has 1 aliphatic carbocycles. The second-order valence-electron chi connectivity index (χ2n) is 4.16. The summed E-state index contributed by atoms with van der Waals surface area (Å²) in [5.74, 6) is 1.15. The van der Waals surface area contributed by atoms with Crippen LogP contribution in [0.4, 0.5) is 4.39 Å². The normalized spacial score (nSPS) is 15.4. The van der Waals surface area contributed by atoms with Crippen LogP contribution >= 0.6 is 0 Å². The molecule has 0 saturated heterocycles. The standard InChI is InChI=1S/C11H11FN4/c1-7-6-9(4-5-10(7)12)16-11(8-2-3-8)13-14-15-16/h4-6,8H,2-3H2,1H3. The number of aromatic nitrogens is 4. The van der Waals surface area contributed by atoms with Crippen LogP contribution in [0, 0.1) is 12.7 Å². The van der Waals surface area contributed by atoms with Crippen molar-refractivity contribution in [1.82, 2.24) is 20.2 Å². The van der Waals surface area contributed by atoms with Crippen LogP contribution < -0.4 is 0 Å². The van der Waals surface area contributed by atoms with Crippen molar-refractivity contribution in [1.29, 1.82) is 0 Å². The highest BCUT2D eigenvalue weighted by Gasteiger charge is 2.29. The average molecular weight is 218 g/mol. The van der Waals surface area contributed by atoms with Crippen molar-refractivity contribution in [2.75, 3.05) is 0 Å². The Morgan fingerprint density at radius 1 is 1.38 bits per heavy atom. The summed E-state index contributed by atoms with van der Waals surface area (Å²) in [7, 11) is 0. The molecule has 0 amide bonds. The van der Waals surface area contributed by atoms with Gasteiger partial charge >= 0.3 is 0 Å². The molecule has 1 aliphatic rings. The third kappa shape index (κ3) is 1.48. The lowest BCUT2D eigenvalue weighted by atomic mass is 10.2. The molecule has 0 bridgehead atoms. The minimum Gasteiger partial charge on any atom is -0.207 e. The summed E-state index contributed by atoms with van der Waals surface area (Å²) in [6.45, 7) is 1.74. The lowest BCUT2D eigenvalue weighted by Crippen LogP contribution is -2.02. The quantitative estimate of drug-likeness (QED) is 0.774. The highest BCUT2D eigenvalue weighted by Crippen LogP contribution is 2.39. The molecular formula is C11H11FN4. The van der Waals surface area contributed by atoms with Crippen molar-refractivity contribution >= 4 is 0 Å². The van der Waals surface area contributed by atoms with Gasteiger partial charge in [-0.05, 0) is 54.0 Å². The molecule has 5 heteroatoms. The van der Waals surface area contributed by atoms with E-state index in [1.807, 2.05) is 0 Å². The van der Waals surface area contributed by atoms with Crippen LogP contribution in [0.15, 0.2) is 18.2 Å². The van der Waals surface area contributed by atoms with E-state index in [4.69, 9.17) is 0 Å². The molecule has 2 aromatic rings. The molecule has 82 valence electrons. The molecule has 4 nitrogen and oxygen atoms in total. The van der Waals surface area contributed by atoms with Crippen LogP contribution in [0.25, 0.3) is 5.69 Å². The van der Waals surface area contributed by atoms with Gasteiger partial charge in [-0.2, -0.15) is 4.68 Å². The van der Waals surface area contributed by atoms with E-state index in [0.29, 0.717) is 11.5 Å². The first kappa shape index (κ1) is 9.45. The molecule has 0 radical (unpaired) electrons. The van der Waals surface area contributed by atoms with Crippen molar-refractivity contribution in [3.8, 4) is 5.69 Å². The largest absolute Gasteiger partial charge is 0.207 e. The maximum absolute atomic E-state index is 13.2. The van der Waals surface area contributed by atoms with E-state index in [9.17, 15) is 4.39 Å². The van der Waals surface area contributed by atoms with E-state index >= 15 is 0 Å². The Hall–Kier alpha value is -1.78. The zero-order valence-electron chi connectivity index (χ0n) is 8.89. The maximum Gasteiger partial charge on any atom is 0.159 e. The number of nitrogens with zero attached hydrogens (tertiary/aromatic N) is 4. The number of aryl methyl sites for hydroxylation is 1. The van der Waals surface area contributed by atoms with Gasteiger partial charge in [0.1, 0.15) is 5.82 Å². The van der Waals surface area contributed by atoms with Crippen molar-refractivity contribution in [2.45, 2.75) is 25.7 Å². The number of hydrogen-bond donors (Lipinski definition) is 0. The summed E-state index contributed by atoms with van der Waals surface area (Å²) in [5, 5.41) is 11.6. The van der Waals surface area contributed by atoms with E-state index in [1.165, 1.54) is 6.07 Å². The van der Waals surface area contributed by atoms with Gasteiger partial charge in [0.15, 0.2) is 5.82 Å². The Morgan fingerprint density at radius 3 is 2.88 bits per heavy atom. The minimum absolute atomic E-state index is 0.204. The van der Waals surface area contributed by atoms with E-state index in [1.54, 1.807) is 23.7 Å². The predicted molar refractivity (Wildman–Crippen MR) is 55.8 cm³/mol. The molecule has 1 heterocycles. The first-order valence-electron chi connectivity index (χ1n) is 5.30. The number of hydrogen-bond acceptors (Lipinski definition) is 3. The van der Waals surface area contributed by atoms with Gasteiger partial charge in [0, 0.05) is 5.92 Å². The highest BCUT2D eigenvalue weighted by molar-refractivity contribution is 5.36. The summed E-state index contributed by atoms with van der Waals surface area (Å²) in [6, 6.07) is 4.91. The van der Waals surface area contributed by atoms with Gasteiger partial charge in [-0.25, -0.2) is 4.39 Å². The van der Waals surface area contributed by atoms with Gasteiger partial charge in [0.25, 0.3) is 0 Å². The van der Waals surface area contributed by atoms with Crippen molar-refractivity contribution < 1.29 is 4.39 Å². The predicted octanol–water partition coefficient (Wildman–Crippen LogP) is 1.99. The first-order valence-corrected chi connectivity index (χ1v) is 5.30. The second-order valence-corrected chi connectivity index (χ2v) is 4.16. The van der Waals surface area contributed by atoms with Gasteiger partial charge in [0.05, 0.1) is 5.69 Å². The van der Waals surface area contributed by atoms with Crippen molar-refractivity contribution in [3.63, 3.8) is 0 Å². The second kappa shape index (κ2) is 3.37. The zero-order valence-corrected chi connectivity index (χ0v) is 8.89. The molecule has 0 unspecified atom stereocenters. The molecule has 0 atom stereocenters. The maximum atomic E-state index is 13.2. The minimum atomic E-state index is -0.204. The molecule has 16 heavy (non-hydrogen) atoms. The van der Waals surface area contributed by atoms with E-state index in [-0.39, 0.29) is 5.82 Å². The highest BCUT2D eigenvalue weighted by atomic mass is 19.1. The van der Waals surface area contributed by atoms with Gasteiger partial charge in [-0.3, -0.25) is 0 Å². The Morgan fingerprint density at radius 2 is 2.19 bits per heavy atom. The summed E-state index contributed by atoms with van der Waals surface area (Å²) in [4.78, 5) is 0. The Balaban J connectivity index is 2.07. The van der Waals surface area contributed by atoms with Gasteiger partial charge in [0.2, 0.25) is 0 Å². The zero-order chi connectivity index (χ0) is 11.1. The van der Waals surface area contributed by atoms with Crippen molar-refractivity contribution in [2.24, 2.45) is 0 Å². The third-order valence-corrected chi connectivity index (χ3v) is 2.82. The average Bonchev–Trinajstić information content (AvgIpc) is 3.01. The fourth-order valence-corrected chi connectivity index (χ4v) is 1.73. The monoisotopic (exact) mass is 218 g/mol. The smallest absolute Gasteiger partial charge is 0.159 e. The van der Waals surface area contributed by atoms with Crippen LogP contribution in [0.5, 0.6) is 0 Å². The Labute approximate surface area is 92.1 Å². The summed E-state index contributed by atoms with van der Waals surface area (Å²) in [5.41, 5.74) is 1.43. The van der Waals surface area contributed by atoms with Crippen LogP contribution in [-0.2, 0) is 0 Å². The molecular weight excluding hydrogens is 207 g/mol. The summed E-state index contributed by atoms with van der Waals surface area (Å²) >= 11 is 0. The third-order valence-electron chi connectivity index (χ3n) is 2.82. The van der Waals surface area contributed by atoms with Gasteiger partial charge < -0.3 is 0 Å².